The largest absolute Gasteiger partial charge is 0.381 e. The molecule has 0 radical (unpaired) electrons. The average Bonchev–Trinajstić information content (AvgIpc) is 2.94. The Kier molecular flexibility index (Phi) is 3.31. The fraction of sp³-hybridized carbons (Fsp3) is 0.125. The Labute approximate surface area is 122 Å². The van der Waals surface area contributed by atoms with Gasteiger partial charge >= 0.3 is 0 Å². The van der Waals surface area contributed by atoms with Gasteiger partial charge in [-0.05, 0) is 42.3 Å². The first-order valence-corrected chi connectivity index (χ1v) is 6.70. The summed E-state index contributed by atoms with van der Waals surface area (Å²) >= 11 is 0. The first-order chi connectivity index (χ1) is 10.1. The summed E-state index contributed by atoms with van der Waals surface area (Å²) in [6.45, 7) is 2.74. The summed E-state index contributed by atoms with van der Waals surface area (Å²) in [4.78, 5) is 11.0. The molecule has 5 heteroatoms. The SMILES string of the molecule is Cc1cc(NCc2ccc(C(N)=O)cc2)cc2[nH]ncc12. The Hall–Kier alpha value is -2.82. The van der Waals surface area contributed by atoms with Crippen LogP contribution in [0.1, 0.15) is 21.5 Å². The smallest absolute Gasteiger partial charge is 0.248 e. The molecule has 0 saturated carbocycles. The highest BCUT2D eigenvalue weighted by Gasteiger charge is 2.03. The van der Waals surface area contributed by atoms with Gasteiger partial charge in [0.1, 0.15) is 0 Å². The van der Waals surface area contributed by atoms with Gasteiger partial charge in [-0.25, -0.2) is 0 Å². The Morgan fingerprint density at radius 1 is 1.29 bits per heavy atom. The van der Waals surface area contributed by atoms with Gasteiger partial charge in [-0.3, -0.25) is 9.89 Å². The normalized spacial score (nSPS) is 10.7. The van der Waals surface area contributed by atoms with E-state index in [4.69, 9.17) is 5.73 Å². The standard InChI is InChI=1S/C16H16N4O/c1-10-6-13(7-15-14(10)9-19-20-15)18-8-11-2-4-12(5-3-11)16(17)21/h2-7,9,18H,8H2,1H3,(H2,17,21)(H,19,20). The number of nitrogens with two attached hydrogens (primary N) is 1. The third kappa shape index (κ3) is 2.72. The third-order valence-corrected chi connectivity index (χ3v) is 3.50. The number of aromatic amines is 1. The van der Waals surface area contributed by atoms with Gasteiger partial charge in [0.2, 0.25) is 5.91 Å². The highest BCUT2D eigenvalue weighted by Crippen LogP contribution is 2.21. The molecule has 5 nitrogen and oxygen atoms in total. The number of amides is 1. The van der Waals surface area contributed by atoms with Gasteiger partial charge in [-0.2, -0.15) is 5.10 Å². The summed E-state index contributed by atoms with van der Waals surface area (Å²) in [5.74, 6) is -0.408. The average molecular weight is 280 g/mol. The number of fused-ring (bicyclic) bond motifs is 1. The molecule has 0 aliphatic heterocycles. The quantitative estimate of drug-likeness (QED) is 0.686. The molecule has 106 valence electrons. The van der Waals surface area contributed by atoms with E-state index in [0.29, 0.717) is 12.1 Å². The number of aryl methyl sites for hydroxylation is 1. The third-order valence-electron chi connectivity index (χ3n) is 3.50. The molecule has 0 aliphatic rings. The zero-order valence-electron chi connectivity index (χ0n) is 11.7. The van der Waals surface area contributed by atoms with E-state index >= 15 is 0 Å². The molecule has 1 aromatic heterocycles. The Morgan fingerprint density at radius 3 is 2.76 bits per heavy atom. The Balaban J connectivity index is 1.75. The number of H-pyrrole nitrogens is 1. The molecular weight excluding hydrogens is 264 g/mol. The number of hydrogen-bond acceptors (Lipinski definition) is 3. The number of primary amides is 1. The zero-order valence-corrected chi connectivity index (χ0v) is 11.7. The lowest BCUT2D eigenvalue weighted by Crippen LogP contribution is -2.10. The van der Waals surface area contributed by atoms with Crippen molar-refractivity contribution in [3.05, 3.63) is 59.3 Å². The van der Waals surface area contributed by atoms with Gasteiger partial charge in [0.05, 0.1) is 11.7 Å². The molecule has 1 amide bonds. The van der Waals surface area contributed by atoms with Crippen LogP contribution in [0.25, 0.3) is 10.9 Å². The van der Waals surface area contributed by atoms with Crippen LogP contribution in [0.5, 0.6) is 0 Å². The number of carbonyl (C=O) groups excluding carboxylic acids is 1. The van der Waals surface area contributed by atoms with Crippen molar-refractivity contribution in [2.24, 2.45) is 5.73 Å². The number of anilines is 1. The van der Waals surface area contributed by atoms with Crippen LogP contribution >= 0.6 is 0 Å². The van der Waals surface area contributed by atoms with E-state index < -0.39 is 5.91 Å². The van der Waals surface area contributed by atoms with Crippen molar-refractivity contribution in [1.29, 1.82) is 0 Å². The van der Waals surface area contributed by atoms with Gasteiger partial charge < -0.3 is 11.1 Å². The minimum absolute atomic E-state index is 0.408. The molecule has 0 unspecified atom stereocenters. The summed E-state index contributed by atoms with van der Waals surface area (Å²) in [6.07, 6.45) is 1.83. The second-order valence-corrected chi connectivity index (χ2v) is 5.04. The second kappa shape index (κ2) is 5.28. The molecule has 3 aromatic rings. The summed E-state index contributed by atoms with van der Waals surface area (Å²) in [6, 6.07) is 11.4. The van der Waals surface area contributed by atoms with Crippen molar-refractivity contribution in [3.8, 4) is 0 Å². The molecule has 21 heavy (non-hydrogen) atoms. The molecule has 0 fully saturated rings. The molecule has 0 atom stereocenters. The van der Waals surface area contributed by atoms with Crippen molar-refractivity contribution < 1.29 is 4.79 Å². The molecule has 0 bridgehead atoms. The van der Waals surface area contributed by atoms with Crippen LogP contribution < -0.4 is 11.1 Å². The lowest BCUT2D eigenvalue weighted by Gasteiger charge is -2.08. The molecular formula is C16H16N4O. The number of nitrogens with zero attached hydrogens (tertiary/aromatic N) is 1. The molecule has 0 spiro atoms. The van der Waals surface area contributed by atoms with Gasteiger partial charge in [0, 0.05) is 23.2 Å². The van der Waals surface area contributed by atoms with Crippen LogP contribution in [-0.2, 0) is 6.54 Å². The number of rotatable bonds is 4. The molecule has 2 aromatic carbocycles. The Bertz CT molecular complexity index is 790. The first-order valence-electron chi connectivity index (χ1n) is 6.70. The van der Waals surface area contributed by atoms with Crippen LogP contribution in [-0.4, -0.2) is 16.1 Å². The Morgan fingerprint density at radius 2 is 2.05 bits per heavy atom. The molecule has 3 rings (SSSR count). The maximum absolute atomic E-state index is 11.0. The van der Waals surface area contributed by atoms with Crippen LogP contribution in [0.4, 0.5) is 5.69 Å². The van der Waals surface area contributed by atoms with E-state index in [1.807, 2.05) is 24.4 Å². The lowest BCUT2D eigenvalue weighted by molar-refractivity contribution is 0.100. The number of carbonyl (C=O) groups is 1. The lowest BCUT2D eigenvalue weighted by atomic mass is 10.1. The fourth-order valence-electron chi connectivity index (χ4n) is 2.32. The minimum atomic E-state index is -0.408. The van der Waals surface area contributed by atoms with Gasteiger partial charge in [-0.15, -0.1) is 0 Å². The number of benzene rings is 2. The monoisotopic (exact) mass is 280 g/mol. The predicted molar refractivity (Wildman–Crippen MR) is 83.1 cm³/mol. The molecule has 0 saturated heterocycles. The van der Waals surface area contributed by atoms with Gasteiger partial charge in [-0.1, -0.05) is 12.1 Å². The highest BCUT2D eigenvalue weighted by molar-refractivity contribution is 5.92. The van der Waals surface area contributed by atoms with E-state index in [0.717, 1.165) is 22.2 Å². The van der Waals surface area contributed by atoms with Crippen molar-refractivity contribution in [1.82, 2.24) is 10.2 Å². The van der Waals surface area contributed by atoms with E-state index in [1.165, 1.54) is 5.56 Å². The van der Waals surface area contributed by atoms with E-state index in [-0.39, 0.29) is 0 Å². The number of aromatic nitrogens is 2. The summed E-state index contributed by atoms with van der Waals surface area (Å²) < 4.78 is 0. The van der Waals surface area contributed by atoms with Crippen LogP contribution in [0.3, 0.4) is 0 Å². The topological polar surface area (TPSA) is 83.8 Å². The number of hydrogen-bond donors (Lipinski definition) is 3. The number of nitrogens with one attached hydrogen (secondary N) is 2. The van der Waals surface area contributed by atoms with Crippen LogP contribution in [0.2, 0.25) is 0 Å². The van der Waals surface area contributed by atoms with Crippen LogP contribution in [0, 0.1) is 6.92 Å². The molecule has 0 aliphatic carbocycles. The first kappa shape index (κ1) is 13.2. The zero-order chi connectivity index (χ0) is 14.8. The maximum atomic E-state index is 11.0. The van der Waals surface area contributed by atoms with Crippen LogP contribution in [0.15, 0.2) is 42.6 Å². The summed E-state index contributed by atoms with van der Waals surface area (Å²) in [5, 5.41) is 11.5. The van der Waals surface area contributed by atoms with E-state index in [9.17, 15) is 4.79 Å². The maximum Gasteiger partial charge on any atom is 0.248 e. The van der Waals surface area contributed by atoms with Crippen molar-refractivity contribution in [2.75, 3.05) is 5.32 Å². The van der Waals surface area contributed by atoms with Crippen molar-refractivity contribution >= 4 is 22.5 Å². The van der Waals surface area contributed by atoms with E-state index in [2.05, 4.69) is 28.5 Å². The molecule has 1 heterocycles. The molecule has 4 N–H and O–H groups in total. The second-order valence-electron chi connectivity index (χ2n) is 5.04. The fourth-order valence-corrected chi connectivity index (χ4v) is 2.32. The van der Waals surface area contributed by atoms with Crippen molar-refractivity contribution in [3.63, 3.8) is 0 Å². The highest BCUT2D eigenvalue weighted by atomic mass is 16.1. The summed E-state index contributed by atoms with van der Waals surface area (Å²) in [7, 11) is 0. The van der Waals surface area contributed by atoms with Crippen molar-refractivity contribution in [2.45, 2.75) is 13.5 Å². The van der Waals surface area contributed by atoms with E-state index in [1.54, 1.807) is 12.1 Å². The van der Waals surface area contributed by atoms with Gasteiger partial charge in [0.15, 0.2) is 0 Å². The predicted octanol–water partition coefficient (Wildman–Crippen LogP) is 2.58. The van der Waals surface area contributed by atoms with Gasteiger partial charge in [0.25, 0.3) is 0 Å². The minimum Gasteiger partial charge on any atom is -0.381 e. The summed E-state index contributed by atoms with van der Waals surface area (Å²) in [5.41, 5.74) is 10.1.